The molecule has 0 spiro atoms. The monoisotopic (exact) mass is 887 g/mol. The molecule has 1 aliphatic heterocycles. The summed E-state index contributed by atoms with van der Waals surface area (Å²) in [6.07, 6.45) is -10.6. The molecule has 1 amide bonds. The van der Waals surface area contributed by atoms with Crippen molar-refractivity contribution in [3.05, 3.63) is 118 Å². The summed E-state index contributed by atoms with van der Waals surface area (Å²) in [5, 5.41) is 40.5. The van der Waals surface area contributed by atoms with Crippen LogP contribution in [0.4, 0.5) is 0 Å². The minimum Gasteiger partial charge on any atom is -0.456 e. The number of hydrogen-bond donors (Lipinski definition) is 4. The fourth-order valence-electron chi connectivity index (χ4n) is 10.2. The fourth-order valence-corrected chi connectivity index (χ4v) is 10.4. The molecular weight excluding hydrogens is 838 g/mol. The molecule has 2 saturated carbocycles. The van der Waals surface area contributed by atoms with Crippen molar-refractivity contribution in [3.63, 3.8) is 0 Å². The van der Waals surface area contributed by atoms with E-state index in [1.807, 2.05) is 0 Å². The molecule has 63 heavy (non-hydrogen) atoms. The van der Waals surface area contributed by atoms with Crippen LogP contribution < -0.4 is 5.32 Å². The number of fused-ring (bicyclic) bond motifs is 5. The third-order valence-corrected chi connectivity index (χ3v) is 13.8. The van der Waals surface area contributed by atoms with Gasteiger partial charge in [0.25, 0.3) is 5.91 Å². The molecule has 2 bridgehead atoms. The van der Waals surface area contributed by atoms with E-state index in [1.54, 1.807) is 74.5 Å². The molecule has 5 unspecified atom stereocenters. The molecule has 4 N–H and O–H groups in total. The second-order valence-corrected chi connectivity index (χ2v) is 17.9. The van der Waals surface area contributed by atoms with Crippen molar-refractivity contribution in [2.24, 2.45) is 16.7 Å². The lowest BCUT2D eigenvalue weighted by Gasteiger charge is -2.67. The number of aliphatic hydroxyl groups is 3. The number of carbonyl (C=O) groups is 6. The number of aliphatic hydroxyl groups excluding tert-OH is 2. The van der Waals surface area contributed by atoms with E-state index in [2.05, 4.69) is 5.32 Å². The largest absolute Gasteiger partial charge is 0.456 e. The Hall–Kier alpha value is -5.45. The summed E-state index contributed by atoms with van der Waals surface area (Å²) < 4.78 is 30.3. The molecule has 4 aliphatic rings. The number of ketones is 1. The average Bonchev–Trinajstić information content (AvgIpc) is 3.23. The van der Waals surface area contributed by atoms with Gasteiger partial charge in [-0.25, -0.2) is 9.59 Å². The molecule has 0 radical (unpaired) electrons. The summed E-state index contributed by atoms with van der Waals surface area (Å²) >= 11 is 6.14. The van der Waals surface area contributed by atoms with Crippen molar-refractivity contribution in [2.75, 3.05) is 6.61 Å². The van der Waals surface area contributed by atoms with Crippen LogP contribution in [0.15, 0.2) is 96.1 Å². The van der Waals surface area contributed by atoms with Crippen LogP contribution in [0.1, 0.15) is 86.7 Å². The van der Waals surface area contributed by atoms with Crippen LogP contribution in [0.2, 0.25) is 5.02 Å². The molecule has 11 atom stereocenters. The van der Waals surface area contributed by atoms with E-state index in [1.165, 1.54) is 38.1 Å². The van der Waals surface area contributed by atoms with Crippen molar-refractivity contribution in [3.8, 4) is 0 Å². The number of nitrogens with one attached hydrogen (secondary N) is 1. The van der Waals surface area contributed by atoms with Crippen LogP contribution in [0.3, 0.4) is 0 Å². The van der Waals surface area contributed by atoms with Crippen molar-refractivity contribution >= 4 is 47.2 Å². The summed E-state index contributed by atoms with van der Waals surface area (Å²) in [6, 6.07) is 20.7. The van der Waals surface area contributed by atoms with Crippen LogP contribution >= 0.6 is 11.6 Å². The summed E-state index contributed by atoms with van der Waals surface area (Å²) in [6.45, 7) is 7.92. The van der Waals surface area contributed by atoms with Gasteiger partial charge in [-0.3, -0.25) is 19.2 Å². The number of hydrogen-bond acceptors (Lipinski definition) is 14. The van der Waals surface area contributed by atoms with Gasteiger partial charge in [0.05, 0.1) is 35.6 Å². The smallest absolute Gasteiger partial charge is 0.338 e. The molecule has 3 aliphatic carbocycles. The highest BCUT2D eigenvalue weighted by atomic mass is 35.5. The van der Waals surface area contributed by atoms with Gasteiger partial charge in [0.1, 0.15) is 23.9 Å². The lowest BCUT2D eigenvalue weighted by Crippen LogP contribution is -2.82. The number of halogens is 1. The van der Waals surface area contributed by atoms with E-state index < -0.39 is 113 Å². The summed E-state index contributed by atoms with van der Waals surface area (Å²) in [4.78, 5) is 83.6. The van der Waals surface area contributed by atoms with Crippen LogP contribution in [0, 0.1) is 16.7 Å². The van der Waals surface area contributed by atoms with Crippen molar-refractivity contribution in [2.45, 2.75) is 108 Å². The third-order valence-electron chi connectivity index (χ3n) is 13.5. The fraction of sp³-hybridized carbons (Fsp3) is 0.447. The first-order valence-electron chi connectivity index (χ1n) is 20.6. The standard InChI is InChI=1S/C47H50ClNO14/c1-24-31(61-43(57)36(53)35(27-14-9-7-10-15-27)49-41(55)29-18-13-19-30(48)20-29)22-47(58)40(62-42(56)28-16-11-8-12-17-28)38-45(6,32(52)21-33-46(38,23-59-33)63-26(3)51)39(54)37(60-25(2)50)34(24)44(47,4)5/h7-20,31-33,35-38,40,52-53,58H,21-23H2,1-6H3,(H,49,55)/t31?,32-,33+,35?,36?,37-,38?,40?,45+,46-,47+/m0/s1. The number of carbonyl (C=O) groups excluding carboxylic acids is 6. The molecular formula is C47H50ClNO14. The van der Waals surface area contributed by atoms with Gasteiger partial charge in [-0.2, -0.15) is 0 Å². The van der Waals surface area contributed by atoms with Gasteiger partial charge in [-0.05, 0) is 60.9 Å². The zero-order chi connectivity index (χ0) is 45.8. The molecule has 1 saturated heterocycles. The summed E-state index contributed by atoms with van der Waals surface area (Å²) in [5.41, 5.74) is -7.25. The quantitative estimate of drug-likeness (QED) is 0.126. The first-order valence-corrected chi connectivity index (χ1v) is 21.0. The van der Waals surface area contributed by atoms with Gasteiger partial charge < -0.3 is 44.3 Å². The molecule has 7 rings (SSSR count). The summed E-state index contributed by atoms with van der Waals surface area (Å²) in [5.74, 6) is -6.99. The number of esters is 4. The van der Waals surface area contributed by atoms with E-state index >= 15 is 4.79 Å². The highest BCUT2D eigenvalue weighted by molar-refractivity contribution is 6.31. The van der Waals surface area contributed by atoms with Crippen LogP contribution in [0.5, 0.6) is 0 Å². The van der Waals surface area contributed by atoms with Crippen LogP contribution in [-0.4, -0.2) is 105 Å². The van der Waals surface area contributed by atoms with Crippen molar-refractivity contribution < 1.29 is 67.8 Å². The predicted molar refractivity (Wildman–Crippen MR) is 223 cm³/mol. The van der Waals surface area contributed by atoms with Gasteiger partial charge in [0.2, 0.25) is 0 Å². The van der Waals surface area contributed by atoms with Crippen LogP contribution in [-0.2, 0) is 42.9 Å². The number of rotatable bonds is 10. The van der Waals surface area contributed by atoms with Crippen molar-refractivity contribution in [1.29, 1.82) is 0 Å². The Kier molecular flexibility index (Phi) is 12.2. The van der Waals surface area contributed by atoms with Gasteiger partial charge in [-0.15, -0.1) is 0 Å². The Morgan fingerprint density at radius 1 is 0.873 bits per heavy atom. The topological polar surface area (TPSA) is 221 Å². The lowest BCUT2D eigenvalue weighted by atomic mass is 9.44. The van der Waals surface area contributed by atoms with Crippen LogP contribution in [0.25, 0.3) is 0 Å². The van der Waals surface area contributed by atoms with E-state index in [9.17, 15) is 39.3 Å². The number of Topliss-reactive ketones (excluding diaryl/α,β-unsaturated/α-hetero) is 1. The Labute approximate surface area is 368 Å². The highest BCUT2D eigenvalue weighted by Crippen LogP contribution is 2.64. The molecule has 0 aromatic heterocycles. The second-order valence-electron chi connectivity index (χ2n) is 17.5. The van der Waals surface area contributed by atoms with Crippen molar-refractivity contribution in [1.82, 2.24) is 5.32 Å². The first-order chi connectivity index (χ1) is 29.7. The van der Waals surface area contributed by atoms with E-state index in [0.29, 0.717) is 5.56 Å². The van der Waals surface area contributed by atoms with Gasteiger partial charge >= 0.3 is 23.9 Å². The van der Waals surface area contributed by atoms with E-state index in [-0.39, 0.29) is 40.3 Å². The Morgan fingerprint density at radius 2 is 1.51 bits per heavy atom. The van der Waals surface area contributed by atoms with E-state index in [0.717, 1.165) is 13.8 Å². The van der Waals surface area contributed by atoms with Gasteiger partial charge in [-0.1, -0.05) is 80.0 Å². The minimum absolute atomic E-state index is 0.0150. The average molecular weight is 888 g/mol. The third kappa shape index (κ3) is 7.73. The SMILES string of the molecule is CC(=O)O[C@@H]1C(=O)[C@@]2(C)C(C(OC(=O)c3ccccc3)[C@]3(O)CC(OC(=O)C(O)C(NC(=O)c4cccc(Cl)c4)c4ccccc4)C(C)=C1C3(C)C)[C@]1(OC(C)=O)CO[C@@H]1C[C@@H]2O. The van der Waals surface area contributed by atoms with E-state index in [4.69, 9.17) is 35.3 Å². The molecule has 3 aromatic carbocycles. The lowest BCUT2D eigenvalue weighted by molar-refractivity contribution is -0.346. The molecule has 16 heteroatoms. The maximum Gasteiger partial charge on any atom is 0.338 e. The Bertz CT molecular complexity index is 2350. The molecule has 3 fully saturated rings. The molecule has 1 heterocycles. The Balaban J connectivity index is 1.38. The number of amides is 1. The summed E-state index contributed by atoms with van der Waals surface area (Å²) in [7, 11) is 0. The maximum absolute atomic E-state index is 15.5. The molecule has 3 aromatic rings. The van der Waals surface area contributed by atoms with Gasteiger partial charge in [0.15, 0.2) is 23.6 Å². The molecule has 334 valence electrons. The predicted octanol–water partition coefficient (Wildman–Crippen LogP) is 4.39. The second kappa shape index (κ2) is 16.9. The number of benzene rings is 3. The maximum atomic E-state index is 15.5. The van der Waals surface area contributed by atoms with Gasteiger partial charge in [0, 0.05) is 42.7 Å². The minimum atomic E-state index is -2.41. The molecule has 15 nitrogen and oxygen atoms in total. The normalized spacial score (nSPS) is 31.6. The number of ether oxygens (including phenoxy) is 5. The Morgan fingerprint density at radius 3 is 2.10 bits per heavy atom. The first kappa shape index (κ1) is 45.6. The zero-order valence-electron chi connectivity index (χ0n) is 35.5. The highest BCUT2D eigenvalue weighted by Gasteiger charge is 2.78. The zero-order valence-corrected chi connectivity index (χ0v) is 36.3.